The largest absolute Gasteiger partial charge is 0.455 e. The van der Waals surface area contributed by atoms with Crippen LogP contribution in [0.4, 0.5) is 0 Å². The number of hydrogen-bond donors (Lipinski definition) is 1. The van der Waals surface area contributed by atoms with Gasteiger partial charge in [0.05, 0.1) is 11.9 Å². The number of hydrogen-bond acceptors (Lipinski definition) is 4. The van der Waals surface area contributed by atoms with Crippen molar-refractivity contribution in [2.45, 2.75) is 30.7 Å². The van der Waals surface area contributed by atoms with Crippen LogP contribution in [0.25, 0.3) is 0 Å². The molecule has 2 fully saturated rings. The summed E-state index contributed by atoms with van der Waals surface area (Å²) in [6.45, 7) is 0.797. The van der Waals surface area contributed by atoms with Crippen molar-refractivity contribution in [3.8, 4) is 0 Å². The predicted octanol–water partition coefficient (Wildman–Crippen LogP) is 3.52. The molecule has 25 heavy (non-hydrogen) atoms. The molecule has 4 nitrogen and oxygen atoms in total. The van der Waals surface area contributed by atoms with E-state index in [0.29, 0.717) is 17.6 Å². The Kier molecular flexibility index (Phi) is 4.86. The minimum absolute atomic E-state index is 0.110. The van der Waals surface area contributed by atoms with Gasteiger partial charge in [0, 0.05) is 24.5 Å². The van der Waals surface area contributed by atoms with E-state index in [9.17, 15) is 4.79 Å². The van der Waals surface area contributed by atoms with Crippen LogP contribution in [0.2, 0.25) is 0 Å². The van der Waals surface area contributed by atoms with Crippen molar-refractivity contribution in [1.29, 1.82) is 0 Å². The number of benzene rings is 1. The van der Waals surface area contributed by atoms with Crippen LogP contribution in [-0.2, 0) is 16.9 Å². The highest BCUT2D eigenvalue weighted by atomic mass is 32.2. The highest BCUT2D eigenvalue weighted by molar-refractivity contribution is 7.97. The van der Waals surface area contributed by atoms with Gasteiger partial charge in [0.1, 0.15) is 5.76 Å². The van der Waals surface area contributed by atoms with Crippen molar-refractivity contribution in [2.24, 2.45) is 11.8 Å². The molecule has 1 amide bonds. The maximum absolute atomic E-state index is 12.6. The summed E-state index contributed by atoms with van der Waals surface area (Å²) in [4.78, 5) is 12.6. The van der Waals surface area contributed by atoms with Crippen LogP contribution in [-0.4, -0.2) is 30.9 Å². The van der Waals surface area contributed by atoms with Crippen molar-refractivity contribution in [3.05, 3.63) is 59.5 Å². The van der Waals surface area contributed by atoms with Gasteiger partial charge in [-0.25, -0.2) is 0 Å². The molecule has 1 aromatic heterocycles. The van der Waals surface area contributed by atoms with Gasteiger partial charge in [-0.3, -0.25) is 4.79 Å². The SMILES string of the molecule is CSCc1ccc(C(=O)N[C@@H]2[C@@H](Cc3ccccc3)[C@H]3OCC[C@@H]23)o1. The van der Waals surface area contributed by atoms with Crippen LogP contribution in [0.3, 0.4) is 0 Å². The third kappa shape index (κ3) is 3.35. The molecule has 1 N–H and O–H groups in total. The maximum atomic E-state index is 12.6. The molecule has 0 spiro atoms. The van der Waals surface area contributed by atoms with E-state index in [-0.39, 0.29) is 18.1 Å². The first-order chi connectivity index (χ1) is 12.3. The minimum atomic E-state index is -0.110. The molecule has 2 heterocycles. The molecule has 2 aromatic rings. The molecule has 5 heteroatoms. The molecule has 1 aliphatic carbocycles. The topological polar surface area (TPSA) is 51.5 Å². The van der Waals surface area contributed by atoms with Crippen molar-refractivity contribution in [2.75, 3.05) is 12.9 Å². The smallest absolute Gasteiger partial charge is 0.287 e. The summed E-state index contributed by atoms with van der Waals surface area (Å²) in [5.41, 5.74) is 1.29. The Balaban J connectivity index is 1.44. The number of ether oxygens (including phenoxy) is 1. The fourth-order valence-electron chi connectivity index (χ4n) is 4.12. The van der Waals surface area contributed by atoms with Crippen LogP contribution in [0.15, 0.2) is 46.9 Å². The maximum Gasteiger partial charge on any atom is 0.287 e. The van der Waals surface area contributed by atoms with Crippen molar-refractivity contribution >= 4 is 17.7 Å². The quantitative estimate of drug-likeness (QED) is 0.859. The fraction of sp³-hybridized carbons (Fsp3) is 0.450. The lowest BCUT2D eigenvalue weighted by Gasteiger charge is -2.48. The van der Waals surface area contributed by atoms with E-state index in [0.717, 1.165) is 31.0 Å². The van der Waals surface area contributed by atoms with E-state index in [1.807, 2.05) is 18.4 Å². The van der Waals surface area contributed by atoms with Crippen LogP contribution in [0, 0.1) is 11.8 Å². The van der Waals surface area contributed by atoms with Gasteiger partial charge in [0.2, 0.25) is 0 Å². The summed E-state index contributed by atoms with van der Waals surface area (Å²) in [5.74, 6) is 2.68. The van der Waals surface area contributed by atoms with E-state index in [1.54, 1.807) is 17.8 Å². The Bertz CT molecular complexity index is 730. The molecule has 1 aliphatic heterocycles. The van der Waals surface area contributed by atoms with Crippen molar-refractivity contribution in [3.63, 3.8) is 0 Å². The zero-order chi connectivity index (χ0) is 17.2. The molecule has 0 bridgehead atoms. The molecule has 0 radical (unpaired) electrons. The number of carbonyl (C=O) groups is 1. The van der Waals surface area contributed by atoms with Gasteiger partial charge in [-0.15, -0.1) is 0 Å². The monoisotopic (exact) mass is 357 g/mol. The second-order valence-corrected chi connectivity index (χ2v) is 7.71. The highest BCUT2D eigenvalue weighted by Crippen LogP contribution is 2.45. The molecule has 2 aliphatic rings. The second-order valence-electron chi connectivity index (χ2n) is 6.84. The van der Waals surface area contributed by atoms with Crippen LogP contribution >= 0.6 is 11.8 Å². The zero-order valence-electron chi connectivity index (χ0n) is 14.3. The van der Waals surface area contributed by atoms with Crippen LogP contribution < -0.4 is 5.32 Å². The number of thioether (sulfide) groups is 1. The molecule has 0 unspecified atom stereocenters. The first kappa shape index (κ1) is 16.7. The Morgan fingerprint density at radius 2 is 2.08 bits per heavy atom. The molecule has 4 atom stereocenters. The third-order valence-corrected chi connectivity index (χ3v) is 5.89. The summed E-state index contributed by atoms with van der Waals surface area (Å²) >= 11 is 1.68. The zero-order valence-corrected chi connectivity index (χ0v) is 15.1. The summed E-state index contributed by atoms with van der Waals surface area (Å²) < 4.78 is 11.6. The van der Waals surface area contributed by atoms with Gasteiger partial charge >= 0.3 is 0 Å². The summed E-state index contributed by atoms with van der Waals surface area (Å²) in [6, 6.07) is 14.2. The molecule has 132 valence electrons. The average Bonchev–Trinajstić information content (AvgIpc) is 3.26. The van der Waals surface area contributed by atoms with E-state index in [1.165, 1.54) is 5.56 Å². The van der Waals surface area contributed by atoms with Crippen LogP contribution in [0.5, 0.6) is 0 Å². The molecule has 1 aromatic carbocycles. The van der Waals surface area contributed by atoms with Crippen molar-refractivity contribution < 1.29 is 13.9 Å². The number of amides is 1. The van der Waals surface area contributed by atoms with E-state index < -0.39 is 0 Å². The molecular formula is C20H23NO3S. The number of carbonyl (C=O) groups excluding carboxylic acids is 1. The summed E-state index contributed by atoms with van der Waals surface area (Å²) in [7, 11) is 0. The molecule has 4 rings (SSSR count). The lowest BCUT2D eigenvalue weighted by atomic mass is 9.64. The Hall–Kier alpha value is -1.72. The van der Waals surface area contributed by atoms with E-state index in [4.69, 9.17) is 9.15 Å². The number of furan rings is 1. The Morgan fingerprint density at radius 3 is 2.88 bits per heavy atom. The Morgan fingerprint density at radius 1 is 1.24 bits per heavy atom. The first-order valence-electron chi connectivity index (χ1n) is 8.80. The minimum Gasteiger partial charge on any atom is -0.455 e. The molecular weight excluding hydrogens is 334 g/mol. The van der Waals surface area contributed by atoms with Gasteiger partial charge in [0.15, 0.2) is 5.76 Å². The predicted molar refractivity (Wildman–Crippen MR) is 98.7 cm³/mol. The van der Waals surface area contributed by atoms with Gasteiger partial charge in [-0.1, -0.05) is 30.3 Å². The second kappa shape index (κ2) is 7.26. The summed E-state index contributed by atoms with van der Waals surface area (Å²) in [5, 5.41) is 3.21. The normalized spacial score (nSPS) is 27.6. The van der Waals surface area contributed by atoms with E-state index >= 15 is 0 Å². The lowest BCUT2D eigenvalue weighted by molar-refractivity contribution is -0.0530. The molecule has 1 saturated carbocycles. The van der Waals surface area contributed by atoms with Gasteiger partial charge in [-0.2, -0.15) is 11.8 Å². The third-order valence-electron chi connectivity index (χ3n) is 5.31. The fourth-order valence-corrected chi connectivity index (χ4v) is 4.55. The standard InChI is InChI=1S/C20H23NO3S/c1-25-12-14-7-8-17(24-14)20(22)21-18-15-9-10-23-19(15)16(18)11-13-5-3-2-4-6-13/h2-8,15-16,18-19H,9-12H2,1H3,(H,21,22)/t15-,16+,18-,19-/m0/s1. The Labute approximate surface area is 152 Å². The van der Waals surface area contributed by atoms with Crippen molar-refractivity contribution in [1.82, 2.24) is 5.32 Å². The van der Waals surface area contributed by atoms with E-state index in [2.05, 4.69) is 29.6 Å². The van der Waals surface area contributed by atoms with Gasteiger partial charge in [0.25, 0.3) is 5.91 Å². The number of nitrogens with one attached hydrogen (secondary N) is 1. The average molecular weight is 357 g/mol. The van der Waals surface area contributed by atoms with Crippen LogP contribution in [0.1, 0.15) is 28.3 Å². The lowest BCUT2D eigenvalue weighted by Crippen LogP contribution is -2.62. The summed E-state index contributed by atoms with van der Waals surface area (Å²) in [6.07, 6.45) is 4.25. The number of fused-ring (bicyclic) bond motifs is 1. The number of rotatable bonds is 6. The van der Waals surface area contributed by atoms with Gasteiger partial charge < -0.3 is 14.5 Å². The molecule has 1 saturated heterocycles. The highest BCUT2D eigenvalue weighted by Gasteiger charge is 2.54. The first-order valence-corrected chi connectivity index (χ1v) is 10.2. The van der Waals surface area contributed by atoms with Gasteiger partial charge in [-0.05, 0) is 36.8 Å².